The fourth-order valence-corrected chi connectivity index (χ4v) is 2.85. The fourth-order valence-electron chi connectivity index (χ4n) is 2.59. The smallest absolute Gasteiger partial charge is 0.412 e. The maximum atomic E-state index is 12.5. The van der Waals surface area contributed by atoms with Gasteiger partial charge in [0.15, 0.2) is 0 Å². The van der Waals surface area contributed by atoms with Crippen LogP contribution in [-0.2, 0) is 9.53 Å². The van der Waals surface area contributed by atoms with Crippen molar-refractivity contribution in [1.82, 2.24) is 0 Å². The molecule has 0 aliphatic carbocycles. The van der Waals surface area contributed by atoms with E-state index < -0.39 is 24.1 Å². The lowest BCUT2D eigenvalue weighted by atomic mass is 9.96. The molecule has 0 spiro atoms. The molecular weight excluding hydrogens is 442 g/mol. The summed E-state index contributed by atoms with van der Waals surface area (Å²) in [6.07, 6.45) is 0.953. The number of aliphatic carboxylic acids is 1. The number of carbonyl (C=O) groups excluding carboxylic acids is 1. The van der Waals surface area contributed by atoms with Gasteiger partial charge in [0.1, 0.15) is 18.5 Å². The number of aliphatic hydroxyl groups excluding tert-OH is 1. The van der Waals surface area contributed by atoms with Crippen LogP contribution in [0.25, 0.3) is 0 Å². The molecule has 0 bridgehead atoms. The second-order valence-corrected chi connectivity index (χ2v) is 7.04. The molecule has 1 amide bonds. The van der Waals surface area contributed by atoms with E-state index in [1.165, 1.54) is 6.08 Å². The maximum Gasteiger partial charge on any atom is 0.412 e. The van der Waals surface area contributed by atoms with Crippen LogP contribution in [0.1, 0.15) is 18.6 Å². The normalized spacial score (nSPS) is 12.9. The molecule has 2 aromatic rings. The van der Waals surface area contributed by atoms with Crippen molar-refractivity contribution in [2.24, 2.45) is 5.92 Å². The standard InChI is InChI=1S/C21H22BrNO6/c1-14(6-11-19(25)26)20(17-4-2-3-5-18(17)28-13-12-24)29-21(27)23-16-9-7-15(22)8-10-16/h2-11,14,20,24H,12-13H2,1H3,(H,23,27)(H,25,26)/b11-6+/t14-,20-/m1/s1. The molecular formula is C21H22BrNO6. The zero-order chi connectivity index (χ0) is 21.2. The van der Waals surface area contributed by atoms with E-state index in [0.29, 0.717) is 17.0 Å². The number of rotatable bonds is 9. The van der Waals surface area contributed by atoms with Crippen LogP contribution in [0.5, 0.6) is 5.75 Å². The van der Waals surface area contributed by atoms with Crippen molar-refractivity contribution >= 4 is 33.7 Å². The quantitative estimate of drug-likeness (QED) is 0.476. The molecule has 0 unspecified atom stereocenters. The Kier molecular flexibility index (Phi) is 8.69. The summed E-state index contributed by atoms with van der Waals surface area (Å²) in [5.74, 6) is -1.11. The molecule has 2 aromatic carbocycles. The minimum Gasteiger partial charge on any atom is -0.491 e. The maximum absolute atomic E-state index is 12.5. The lowest BCUT2D eigenvalue weighted by Gasteiger charge is -2.24. The molecule has 0 aliphatic rings. The van der Waals surface area contributed by atoms with Crippen LogP contribution in [0, 0.1) is 5.92 Å². The molecule has 3 N–H and O–H groups in total. The minimum absolute atomic E-state index is 0.0775. The van der Waals surface area contributed by atoms with E-state index in [-0.39, 0.29) is 13.2 Å². The van der Waals surface area contributed by atoms with Gasteiger partial charge in [-0.25, -0.2) is 9.59 Å². The number of halogens is 1. The number of carboxylic acid groups (broad SMARTS) is 1. The molecule has 2 atom stereocenters. The van der Waals surface area contributed by atoms with Crippen LogP contribution in [0.4, 0.5) is 10.5 Å². The van der Waals surface area contributed by atoms with Crippen LogP contribution in [0.15, 0.2) is 65.2 Å². The molecule has 0 saturated heterocycles. The van der Waals surface area contributed by atoms with Crippen LogP contribution in [0.2, 0.25) is 0 Å². The van der Waals surface area contributed by atoms with E-state index in [2.05, 4.69) is 21.2 Å². The summed E-state index contributed by atoms with van der Waals surface area (Å²) in [5.41, 5.74) is 1.12. The predicted molar refractivity (Wildman–Crippen MR) is 112 cm³/mol. The van der Waals surface area contributed by atoms with Crippen molar-refractivity contribution in [3.63, 3.8) is 0 Å². The topological polar surface area (TPSA) is 105 Å². The van der Waals surface area contributed by atoms with Crippen LogP contribution < -0.4 is 10.1 Å². The van der Waals surface area contributed by atoms with Gasteiger partial charge in [-0.3, -0.25) is 5.32 Å². The van der Waals surface area contributed by atoms with Crippen molar-refractivity contribution in [2.45, 2.75) is 13.0 Å². The van der Waals surface area contributed by atoms with E-state index in [9.17, 15) is 9.59 Å². The summed E-state index contributed by atoms with van der Waals surface area (Å²) in [4.78, 5) is 23.4. The second kappa shape index (κ2) is 11.2. The third kappa shape index (κ3) is 7.24. The Balaban J connectivity index is 2.26. The van der Waals surface area contributed by atoms with Crippen molar-refractivity contribution in [3.8, 4) is 5.75 Å². The van der Waals surface area contributed by atoms with Gasteiger partial charge in [-0.2, -0.15) is 0 Å². The highest BCUT2D eigenvalue weighted by Crippen LogP contribution is 2.34. The number of amides is 1. The van der Waals surface area contributed by atoms with Crippen LogP contribution >= 0.6 is 15.9 Å². The Hall–Kier alpha value is -2.84. The third-order valence-electron chi connectivity index (χ3n) is 3.92. The van der Waals surface area contributed by atoms with Gasteiger partial charge in [0.25, 0.3) is 0 Å². The van der Waals surface area contributed by atoms with Crippen molar-refractivity contribution in [2.75, 3.05) is 18.5 Å². The molecule has 0 aliphatic heterocycles. The van der Waals surface area contributed by atoms with Crippen molar-refractivity contribution in [3.05, 3.63) is 70.7 Å². The van der Waals surface area contributed by atoms with Gasteiger partial charge in [0.2, 0.25) is 0 Å². The molecule has 0 saturated carbocycles. The van der Waals surface area contributed by atoms with Gasteiger partial charge in [0, 0.05) is 27.7 Å². The first-order valence-corrected chi connectivity index (χ1v) is 9.67. The van der Waals surface area contributed by atoms with E-state index in [0.717, 1.165) is 10.5 Å². The number of para-hydroxylation sites is 1. The van der Waals surface area contributed by atoms with Gasteiger partial charge in [-0.15, -0.1) is 0 Å². The highest BCUT2D eigenvalue weighted by Gasteiger charge is 2.25. The van der Waals surface area contributed by atoms with E-state index in [1.54, 1.807) is 55.5 Å². The number of nitrogens with one attached hydrogen (secondary N) is 1. The number of hydrogen-bond donors (Lipinski definition) is 3. The lowest BCUT2D eigenvalue weighted by Crippen LogP contribution is -2.22. The van der Waals surface area contributed by atoms with Crippen molar-refractivity contribution < 1.29 is 29.3 Å². The highest BCUT2D eigenvalue weighted by molar-refractivity contribution is 9.10. The molecule has 8 heteroatoms. The highest BCUT2D eigenvalue weighted by atomic mass is 79.9. The molecule has 154 valence electrons. The summed E-state index contributed by atoms with van der Waals surface area (Å²) in [5, 5.41) is 20.6. The summed E-state index contributed by atoms with van der Waals surface area (Å²) in [6.45, 7) is 1.65. The van der Waals surface area contributed by atoms with Gasteiger partial charge in [-0.1, -0.05) is 47.1 Å². The first-order chi connectivity index (χ1) is 13.9. The average Bonchev–Trinajstić information content (AvgIpc) is 2.70. The Morgan fingerprint density at radius 3 is 2.52 bits per heavy atom. The number of hydrogen-bond acceptors (Lipinski definition) is 5. The third-order valence-corrected chi connectivity index (χ3v) is 4.45. The molecule has 0 aromatic heterocycles. The number of ether oxygens (including phenoxy) is 2. The molecule has 2 rings (SSSR count). The first kappa shape index (κ1) is 22.4. The Morgan fingerprint density at radius 1 is 1.17 bits per heavy atom. The first-order valence-electron chi connectivity index (χ1n) is 8.87. The number of anilines is 1. The Morgan fingerprint density at radius 2 is 1.86 bits per heavy atom. The largest absolute Gasteiger partial charge is 0.491 e. The minimum atomic E-state index is -1.10. The van der Waals surface area contributed by atoms with E-state index >= 15 is 0 Å². The Labute approximate surface area is 177 Å². The van der Waals surface area contributed by atoms with Crippen molar-refractivity contribution in [1.29, 1.82) is 0 Å². The lowest BCUT2D eigenvalue weighted by molar-refractivity contribution is -0.131. The molecule has 0 fully saturated rings. The SMILES string of the molecule is C[C@H](/C=C/C(=O)O)[C@@H](OC(=O)Nc1ccc(Br)cc1)c1ccccc1OCCO. The van der Waals surface area contributed by atoms with Crippen LogP contribution in [0.3, 0.4) is 0 Å². The van der Waals surface area contributed by atoms with Gasteiger partial charge < -0.3 is 19.7 Å². The summed E-state index contributed by atoms with van der Waals surface area (Å²) < 4.78 is 12.1. The zero-order valence-electron chi connectivity index (χ0n) is 15.7. The molecule has 0 heterocycles. The summed E-state index contributed by atoms with van der Waals surface area (Å²) in [6, 6.07) is 13.9. The van der Waals surface area contributed by atoms with E-state index in [1.807, 2.05) is 0 Å². The van der Waals surface area contributed by atoms with Gasteiger partial charge >= 0.3 is 12.1 Å². The number of carbonyl (C=O) groups is 2. The zero-order valence-corrected chi connectivity index (χ0v) is 17.3. The van der Waals surface area contributed by atoms with Gasteiger partial charge in [-0.05, 0) is 30.3 Å². The Bertz CT molecular complexity index is 853. The predicted octanol–water partition coefficient (Wildman–Crippen LogP) is 4.39. The summed E-state index contributed by atoms with van der Waals surface area (Å²) in [7, 11) is 0. The van der Waals surface area contributed by atoms with E-state index in [4.69, 9.17) is 19.7 Å². The van der Waals surface area contributed by atoms with Crippen LogP contribution in [-0.4, -0.2) is 35.5 Å². The molecule has 0 radical (unpaired) electrons. The number of benzene rings is 2. The molecule has 7 nitrogen and oxygen atoms in total. The number of aliphatic hydroxyl groups is 1. The summed E-state index contributed by atoms with van der Waals surface area (Å²) >= 11 is 3.33. The van der Waals surface area contributed by atoms with Gasteiger partial charge in [0.05, 0.1) is 6.61 Å². The second-order valence-electron chi connectivity index (χ2n) is 6.12. The fraction of sp³-hybridized carbons (Fsp3) is 0.238. The number of carboxylic acids is 1. The molecule has 29 heavy (non-hydrogen) atoms. The average molecular weight is 464 g/mol. The monoisotopic (exact) mass is 463 g/mol.